The van der Waals surface area contributed by atoms with Gasteiger partial charge in [0.25, 0.3) is 0 Å². The molecule has 0 fully saturated rings. The van der Waals surface area contributed by atoms with Crippen molar-refractivity contribution in [2.45, 2.75) is 40.5 Å². The Morgan fingerprint density at radius 2 is 2.05 bits per heavy atom. The van der Waals surface area contributed by atoms with Crippen LogP contribution in [-0.4, -0.2) is 24.9 Å². The monoisotopic (exact) mass is 313 g/mol. The number of ether oxygens (including phenoxy) is 1. The molecule has 0 spiro atoms. The van der Waals surface area contributed by atoms with Crippen molar-refractivity contribution in [1.82, 2.24) is 0 Å². The molecule has 0 saturated carbocycles. The maximum Gasteiger partial charge on any atom is 0.125 e. The summed E-state index contributed by atoms with van der Waals surface area (Å²) in [7, 11) is 0. The van der Waals surface area contributed by atoms with Crippen LogP contribution in [0.5, 0.6) is 5.75 Å². The molecule has 1 aromatic rings. The molecule has 0 aliphatic carbocycles. The predicted octanol–water partition coefficient (Wildman–Crippen LogP) is 3.49. The molecule has 4 heteroatoms. The number of aryl methyl sites for hydroxylation is 1. The van der Waals surface area contributed by atoms with Crippen molar-refractivity contribution < 1.29 is 9.84 Å². The van der Waals surface area contributed by atoms with E-state index in [9.17, 15) is 5.11 Å². The Bertz CT molecular complexity index is 459. The van der Waals surface area contributed by atoms with Gasteiger partial charge in [0.2, 0.25) is 0 Å². The van der Waals surface area contributed by atoms with Gasteiger partial charge in [0.05, 0.1) is 6.61 Å². The van der Waals surface area contributed by atoms with Gasteiger partial charge in [-0.1, -0.05) is 25.4 Å². The van der Waals surface area contributed by atoms with E-state index in [1.807, 2.05) is 19.9 Å². The average molecular weight is 314 g/mol. The second kappa shape index (κ2) is 8.62. The Morgan fingerprint density at radius 1 is 1.38 bits per heavy atom. The Morgan fingerprint density at radius 3 is 2.57 bits per heavy atom. The maximum atomic E-state index is 9.43. The van der Waals surface area contributed by atoms with Crippen molar-refractivity contribution in [1.29, 1.82) is 0 Å². The normalized spacial score (nSPS) is 14.0. The largest absolute Gasteiger partial charge is 0.493 e. The zero-order valence-electron chi connectivity index (χ0n) is 13.6. The van der Waals surface area contributed by atoms with Crippen LogP contribution < -0.4 is 10.5 Å². The topological polar surface area (TPSA) is 55.5 Å². The summed E-state index contributed by atoms with van der Waals surface area (Å²) in [5.41, 5.74) is 9.01. The van der Waals surface area contributed by atoms with Gasteiger partial charge in [0, 0.05) is 11.6 Å². The van der Waals surface area contributed by atoms with E-state index in [0.717, 1.165) is 40.3 Å². The van der Waals surface area contributed by atoms with Crippen molar-refractivity contribution >= 4 is 11.6 Å². The molecule has 3 N–H and O–H groups in total. The summed E-state index contributed by atoms with van der Waals surface area (Å²) < 4.78 is 5.95. The Kier molecular flexibility index (Phi) is 7.50. The Labute approximate surface area is 133 Å². The lowest BCUT2D eigenvalue weighted by molar-refractivity contribution is 0.186. The number of hydrogen-bond acceptors (Lipinski definition) is 3. The van der Waals surface area contributed by atoms with Crippen molar-refractivity contribution in [2.24, 2.45) is 17.6 Å². The third kappa shape index (κ3) is 4.60. The van der Waals surface area contributed by atoms with Gasteiger partial charge >= 0.3 is 0 Å². The summed E-state index contributed by atoms with van der Waals surface area (Å²) in [4.78, 5) is 0. The fourth-order valence-electron chi connectivity index (χ4n) is 2.54. The summed E-state index contributed by atoms with van der Waals surface area (Å²) in [6, 6.07) is 1.96. The number of aliphatic hydroxyl groups excluding tert-OH is 1. The fourth-order valence-corrected chi connectivity index (χ4v) is 2.82. The first-order chi connectivity index (χ1) is 9.96. The van der Waals surface area contributed by atoms with Crippen molar-refractivity contribution in [3.63, 3.8) is 0 Å². The Balaban J connectivity index is 3.13. The van der Waals surface area contributed by atoms with E-state index >= 15 is 0 Å². The highest BCUT2D eigenvalue weighted by atomic mass is 35.5. The number of nitrogens with two attached hydrogens (primary N) is 1. The number of hydrogen-bond donors (Lipinski definition) is 2. The van der Waals surface area contributed by atoms with Crippen LogP contribution in [-0.2, 0) is 6.42 Å². The molecule has 0 aliphatic heterocycles. The molecule has 2 unspecified atom stereocenters. The average Bonchev–Trinajstić information content (AvgIpc) is 2.45. The van der Waals surface area contributed by atoms with Gasteiger partial charge in [-0.2, -0.15) is 0 Å². The summed E-state index contributed by atoms with van der Waals surface area (Å²) in [6.07, 6.45) is 1.78. The van der Waals surface area contributed by atoms with Crippen molar-refractivity contribution in [2.75, 3.05) is 19.8 Å². The third-order valence-corrected chi connectivity index (χ3v) is 4.50. The minimum Gasteiger partial charge on any atom is -0.493 e. The predicted molar refractivity (Wildman–Crippen MR) is 89.2 cm³/mol. The van der Waals surface area contributed by atoms with E-state index in [2.05, 4.69) is 13.8 Å². The molecule has 0 radical (unpaired) electrons. The lowest BCUT2D eigenvalue weighted by atomic mass is 9.86. The van der Waals surface area contributed by atoms with Gasteiger partial charge < -0.3 is 15.6 Å². The molecule has 3 nitrogen and oxygen atoms in total. The zero-order valence-corrected chi connectivity index (χ0v) is 14.3. The second-order valence-electron chi connectivity index (χ2n) is 5.82. The van der Waals surface area contributed by atoms with E-state index in [4.69, 9.17) is 22.1 Å². The first-order valence-corrected chi connectivity index (χ1v) is 8.06. The van der Waals surface area contributed by atoms with E-state index in [1.165, 1.54) is 0 Å². The molecule has 21 heavy (non-hydrogen) atoms. The molecular formula is C17H28ClNO2. The van der Waals surface area contributed by atoms with E-state index in [-0.39, 0.29) is 18.4 Å². The highest BCUT2D eigenvalue weighted by Crippen LogP contribution is 2.35. The molecule has 0 bridgehead atoms. The van der Waals surface area contributed by atoms with E-state index in [1.54, 1.807) is 0 Å². The fraction of sp³-hybridized carbons (Fsp3) is 0.647. The number of aliphatic hydroxyl groups is 1. The number of halogens is 1. The second-order valence-corrected chi connectivity index (χ2v) is 6.22. The van der Waals surface area contributed by atoms with Gasteiger partial charge in [0.1, 0.15) is 5.75 Å². The van der Waals surface area contributed by atoms with Crippen molar-refractivity contribution in [3.05, 3.63) is 27.8 Å². The van der Waals surface area contributed by atoms with Crippen LogP contribution in [0.4, 0.5) is 0 Å². The SMILES string of the molecule is CCCOc1c(C)cc(Cl)c(C)c1CC(C)C(CN)CO. The number of rotatable bonds is 8. The highest BCUT2D eigenvalue weighted by Gasteiger charge is 2.21. The van der Waals surface area contributed by atoms with Gasteiger partial charge in [-0.15, -0.1) is 0 Å². The van der Waals surface area contributed by atoms with Crippen LogP contribution in [0.2, 0.25) is 5.02 Å². The van der Waals surface area contributed by atoms with E-state index in [0.29, 0.717) is 13.2 Å². The standard InChI is InChI=1S/C17H28ClNO2/c1-5-6-21-17-12(3)8-16(18)13(4)15(17)7-11(2)14(9-19)10-20/h8,11,14,20H,5-7,9-10,19H2,1-4H3. The van der Waals surface area contributed by atoms with Crippen LogP contribution in [0.25, 0.3) is 0 Å². The molecule has 1 rings (SSSR count). The molecular weight excluding hydrogens is 286 g/mol. The van der Waals surface area contributed by atoms with Crippen LogP contribution >= 0.6 is 11.6 Å². The van der Waals surface area contributed by atoms with Gasteiger partial charge in [-0.25, -0.2) is 0 Å². The molecule has 0 aliphatic rings. The highest BCUT2D eigenvalue weighted by molar-refractivity contribution is 6.31. The van der Waals surface area contributed by atoms with Crippen LogP contribution in [0.1, 0.15) is 37.0 Å². The minimum absolute atomic E-state index is 0.0997. The molecule has 2 atom stereocenters. The molecule has 0 saturated heterocycles. The summed E-state index contributed by atoms with van der Waals surface area (Å²) >= 11 is 6.33. The zero-order chi connectivity index (χ0) is 16.0. The lowest BCUT2D eigenvalue weighted by Gasteiger charge is -2.24. The van der Waals surface area contributed by atoms with Crippen LogP contribution in [0.15, 0.2) is 6.07 Å². The Hall–Kier alpha value is -0.770. The maximum absolute atomic E-state index is 9.43. The van der Waals surface area contributed by atoms with Gasteiger partial charge in [-0.05, 0) is 67.8 Å². The van der Waals surface area contributed by atoms with Gasteiger partial charge in [0.15, 0.2) is 0 Å². The van der Waals surface area contributed by atoms with Crippen LogP contribution in [0, 0.1) is 25.7 Å². The molecule has 0 amide bonds. The molecule has 0 heterocycles. The molecule has 0 aromatic heterocycles. The molecule has 120 valence electrons. The quantitative estimate of drug-likeness (QED) is 0.772. The smallest absolute Gasteiger partial charge is 0.125 e. The lowest BCUT2D eigenvalue weighted by Crippen LogP contribution is -2.26. The van der Waals surface area contributed by atoms with Crippen LogP contribution in [0.3, 0.4) is 0 Å². The third-order valence-electron chi connectivity index (χ3n) is 4.11. The minimum atomic E-state index is 0.0997. The number of benzene rings is 1. The first-order valence-electron chi connectivity index (χ1n) is 7.68. The summed E-state index contributed by atoms with van der Waals surface area (Å²) in [5, 5.41) is 10.2. The molecule has 1 aromatic carbocycles. The van der Waals surface area contributed by atoms with Crippen molar-refractivity contribution in [3.8, 4) is 5.75 Å². The van der Waals surface area contributed by atoms with Gasteiger partial charge in [-0.3, -0.25) is 0 Å². The summed E-state index contributed by atoms with van der Waals surface area (Å²) in [6.45, 7) is 9.56. The van der Waals surface area contributed by atoms with E-state index < -0.39 is 0 Å². The first kappa shape index (κ1) is 18.3. The summed E-state index contributed by atoms with van der Waals surface area (Å²) in [5.74, 6) is 1.32.